The third-order valence-electron chi connectivity index (χ3n) is 2.39. The fraction of sp³-hybridized carbons (Fsp3) is 0.545. The molecule has 0 unspecified atom stereocenters. The molecule has 7 heteroatoms. The number of aryl methyl sites for hydroxylation is 1. The van der Waals surface area contributed by atoms with Gasteiger partial charge in [-0.15, -0.1) is 11.3 Å². The lowest BCUT2D eigenvalue weighted by Crippen LogP contribution is -2.25. The Labute approximate surface area is 111 Å². The number of nitrogens with one attached hydrogen (secondary N) is 1. The average Bonchev–Trinajstić information content (AvgIpc) is 2.60. The quantitative estimate of drug-likeness (QED) is 0.840. The number of thiophene rings is 1. The summed E-state index contributed by atoms with van der Waals surface area (Å²) >= 11 is 0.970. The van der Waals surface area contributed by atoms with E-state index in [2.05, 4.69) is 4.72 Å². The summed E-state index contributed by atoms with van der Waals surface area (Å²) in [6.07, 6.45) is 0.744. The number of carbonyl (C=O) groups is 1. The van der Waals surface area contributed by atoms with Gasteiger partial charge in [-0.2, -0.15) is 0 Å². The normalized spacial score (nSPS) is 12.0. The smallest absolute Gasteiger partial charge is 0.345 e. The van der Waals surface area contributed by atoms with Crippen LogP contribution in [0.1, 0.15) is 34.8 Å². The number of carboxylic acids is 1. The molecule has 0 aliphatic heterocycles. The summed E-state index contributed by atoms with van der Waals surface area (Å²) < 4.78 is 26.4. The van der Waals surface area contributed by atoms with Gasteiger partial charge in [0.05, 0.1) is 4.90 Å². The molecule has 1 rings (SSSR count). The second-order valence-electron chi connectivity index (χ2n) is 4.42. The lowest BCUT2D eigenvalue weighted by Gasteiger charge is -2.07. The first kappa shape index (κ1) is 15.1. The maximum absolute atomic E-state index is 12.0. The van der Waals surface area contributed by atoms with E-state index in [0.29, 0.717) is 17.3 Å². The van der Waals surface area contributed by atoms with Crippen molar-refractivity contribution in [2.75, 3.05) is 6.54 Å². The van der Waals surface area contributed by atoms with Crippen molar-refractivity contribution in [1.29, 1.82) is 0 Å². The predicted octanol–water partition coefficient (Wildman–Crippen LogP) is 2.08. The minimum absolute atomic E-state index is 0.0386. The van der Waals surface area contributed by atoms with Crippen molar-refractivity contribution in [2.24, 2.45) is 5.92 Å². The van der Waals surface area contributed by atoms with Gasteiger partial charge in [0.25, 0.3) is 0 Å². The number of aromatic carboxylic acids is 1. The molecule has 0 amide bonds. The van der Waals surface area contributed by atoms with Gasteiger partial charge in [-0.25, -0.2) is 17.9 Å². The molecule has 0 saturated heterocycles. The second-order valence-corrected chi connectivity index (χ2v) is 7.41. The molecule has 0 radical (unpaired) electrons. The standard InChI is InChI=1S/C11H17NO4S2/c1-7(2)4-5-12-18(15,16)10-6-9(11(13)14)17-8(10)3/h6-7,12H,4-5H2,1-3H3,(H,13,14). The van der Waals surface area contributed by atoms with Gasteiger partial charge in [0.15, 0.2) is 0 Å². The Balaban J connectivity index is 2.88. The van der Waals surface area contributed by atoms with Gasteiger partial charge < -0.3 is 5.11 Å². The summed E-state index contributed by atoms with van der Waals surface area (Å²) in [7, 11) is -3.60. The summed E-state index contributed by atoms with van der Waals surface area (Å²) in [5.74, 6) is -0.697. The third kappa shape index (κ3) is 3.79. The van der Waals surface area contributed by atoms with Gasteiger partial charge in [-0.1, -0.05) is 13.8 Å². The first-order valence-electron chi connectivity index (χ1n) is 5.57. The maximum Gasteiger partial charge on any atom is 0.345 e. The Morgan fingerprint density at radius 3 is 2.56 bits per heavy atom. The van der Waals surface area contributed by atoms with Crippen LogP contribution in [0.25, 0.3) is 0 Å². The van der Waals surface area contributed by atoms with Crippen LogP contribution in [0.2, 0.25) is 0 Å². The van der Waals surface area contributed by atoms with Crippen molar-refractivity contribution in [3.8, 4) is 0 Å². The molecule has 0 bridgehead atoms. The Hall–Kier alpha value is -0.920. The van der Waals surface area contributed by atoms with Crippen molar-refractivity contribution in [3.63, 3.8) is 0 Å². The zero-order valence-corrected chi connectivity index (χ0v) is 12.2. The Bertz CT molecular complexity index is 531. The van der Waals surface area contributed by atoms with Crippen LogP contribution in [-0.2, 0) is 10.0 Å². The predicted molar refractivity (Wildman–Crippen MR) is 70.7 cm³/mol. The van der Waals surface area contributed by atoms with Gasteiger partial charge >= 0.3 is 5.97 Å². The Kier molecular flexibility index (Phi) is 4.89. The first-order chi connectivity index (χ1) is 8.24. The Morgan fingerprint density at radius 2 is 2.11 bits per heavy atom. The van der Waals surface area contributed by atoms with E-state index in [1.165, 1.54) is 6.07 Å². The molecule has 0 saturated carbocycles. The highest BCUT2D eigenvalue weighted by molar-refractivity contribution is 7.89. The number of rotatable bonds is 6. The molecule has 2 N–H and O–H groups in total. The van der Waals surface area contributed by atoms with Crippen LogP contribution in [0.15, 0.2) is 11.0 Å². The molecule has 0 aromatic carbocycles. The van der Waals surface area contributed by atoms with E-state index < -0.39 is 16.0 Å². The minimum Gasteiger partial charge on any atom is -0.477 e. The highest BCUT2D eigenvalue weighted by atomic mass is 32.2. The van der Waals surface area contributed by atoms with Gasteiger partial charge in [-0.05, 0) is 25.3 Å². The molecular weight excluding hydrogens is 274 g/mol. The third-order valence-corrected chi connectivity index (χ3v) is 5.14. The summed E-state index contributed by atoms with van der Waals surface area (Å²) in [6.45, 7) is 5.98. The zero-order valence-electron chi connectivity index (χ0n) is 10.6. The van der Waals surface area contributed by atoms with E-state index >= 15 is 0 Å². The zero-order chi connectivity index (χ0) is 13.9. The molecule has 5 nitrogen and oxygen atoms in total. The number of carboxylic acid groups (broad SMARTS) is 1. The number of hydrogen-bond donors (Lipinski definition) is 2. The SMILES string of the molecule is Cc1sc(C(=O)O)cc1S(=O)(=O)NCCC(C)C. The molecule has 18 heavy (non-hydrogen) atoms. The summed E-state index contributed by atoms with van der Waals surface area (Å²) in [5.41, 5.74) is 0. The van der Waals surface area contributed by atoms with Crippen molar-refractivity contribution in [1.82, 2.24) is 4.72 Å². The largest absolute Gasteiger partial charge is 0.477 e. The summed E-state index contributed by atoms with van der Waals surface area (Å²) in [6, 6.07) is 1.21. The monoisotopic (exact) mass is 291 g/mol. The lowest BCUT2D eigenvalue weighted by atomic mass is 10.1. The van der Waals surface area contributed by atoms with Gasteiger partial charge in [0.2, 0.25) is 10.0 Å². The van der Waals surface area contributed by atoms with Crippen LogP contribution in [0.3, 0.4) is 0 Å². The van der Waals surface area contributed by atoms with Crippen molar-refractivity contribution in [2.45, 2.75) is 32.1 Å². The van der Waals surface area contributed by atoms with E-state index in [0.717, 1.165) is 17.8 Å². The van der Waals surface area contributed by atoms with E-state index in [1.807, 2.05) is 13.8 Å². The molecule has 0 aliphatic carbocycles. The fourth-order valence-corrected chi connectivity index (χ4v) is 3.87. The van der Waals surface area contributed by atoms with Crippen molar-refractivity contribution < 1.29 is 18.3 Å². The van der Waals surface area contributed by atoms with Crippen molar-refractivity contribution in [3.05, 3.63) is 15.8 Å². The molecule has 0 spiro atoms. The van der Waals surface area contributed by atoms with Gasteiger partial charge in [0, 0.05) is 11.4 Å². The van der Waals surface area contributed by atoms with E-state index in [4.69, 9.17) is 5.11 Å². The molecule has 1 aromatic rings. The topological polar surface area (TPSA) is 83.5 Å². The molecule has 0 fully saturated rings. The van der Waals surface area contributed by atoms with Gasteiger partial charge in [-0.3, -0.25) is 0 Å². The van der Waals surface area contributed by atoms with E-state index in [9.17, 15) is 13.2 Å². The lowest BCUT2D eigenvalue weighted by molar-refractivity contribution is 0.0702. The maximum atomic E-state index is 12.0. The highest BCUT2D eigenvalue weighted by Crippen LogP contribution is 2.25. The summed E-state index contributed by atoms with van der Waals surface area (Å²) in [4.78, 5) is 11.4. The van der Waals surface area contributed by atoms with Crippen LogP contribution in [0, 0.1) is 12.8 Å². The van der Waals surface area contributed by atoms with Gasteiger partial charge in [0.1, 0.15) is 4.88 Å². The van der Waals surface area contributed by atoms with Crippen LogP contribution >= 0.6 is 11.3 Å². The summed E-state index contributed by atoms with van der Waals surface area (Å²) in [5, 5.41) is 8.83. The fourth-order valence-electron chi connectivity index (χ4n) is 1.40. The van der Waals surface area contributed by atoms with Crippen LogP contribution in [-0.4, -0.2) is 26.0 Å². The molecule has 102 valence electrons. The highest BCUT2D eigenvalue weighted by Gasteiger charge is 2.21. The van der Waals surface area contributed by atoms with E-state index in [-0.39, 0.29) is 9.77 Å². The molecule has 1 aromatic heterocycles. The molecule has 0 atom stereocenters. The molecule has 1 heterocycles. The minimum atomic E-state index is -3.60. The van der Waals surface area contributed by atoms with Crippen LogP contribution in [0.4, 0.5) is 0 Å². The second kappa shape index (κ2) is 5.81. The van der Waals surface area contributed by atoms with Crippen molar-refractivity contribution >= 4 is 27.3 Å². The number of sulfonamides is 1. The average molecular weight is 291 g/mol. The molecular formula is C11H17NO4S2. The van der Waals surface area contributed by atoms with Crippen LogP contribution in [0.5, 0.6) is 0 Å². The molecule has 0 aliphatic rings. The van der Waals surface area contributed by atoms with E-state index in [1.54, 1.807) is 6.92 Å². The Morgan fingerprint density at radius 1 is 1.50 bits per heavy atom. The number of hydrogen-bond acceptors (Lipinski definition) is 4. The first-order valence-corrected chi connectivity index (χ1v) is 7.87. The van der Waals surface area contributed by atoms with Crippen LogP contribution < -0.4 is 4.72 Å².